The molecule has 1 aliphatic carbocycles. The molecule has 0 radical (unpaired) electrons. The lowest BCUT2D eigenvalue weighted by atomic mass is 9.84. The van der Waals surface area contributed by atoms with E-state index in [4.69, 9.17) is 10.5 Å². The van der Waals surface area contributed by atoms with Crippen molar-refractivity contribution in [2.45, 2.75) is 30.6 Å². The molecule has 1 aromatic heterocycles. The maximum Gasteiger partial charge on any atom is 0.201 e. The highest BCUT2D eigenvalue weighted by Crippen LogP contribution is 2.45. The van der Waals surface area contributed by atoms with Crippen molar-refractivity contribution in [1.82, 2.24) is 9.55 Å². The topological polar surface area (TPSA) is 53.1 Å². The van der Waals surface area contributed by atoms with E-state index in [1.165, 1.54) is 19.3 Å². The Balaban J connectivity index is 2.04. The van der Waals surface area contributed by atoms with Crippen LogP contribution in [0.2, 0.25) is 0 Å². The van der Waals surface area contributed by atoms with E-state index in [9.17, 15) is 0 Å². The number of methoxy groups -OCH3 is 1. The van der Waals surface area contributed by atoms with Crippen LogP contribution in [0.4, 0.5) is 5.95 Å². The second-order valence-corrected chi connectivity index (χ2v) is 6.43. The van der Waals surface area contributed by atoms with Crippen molar-refractivity contribution < 1.29 is 4.74 Å². The molecular weight excluding hydrogens is 258 g/mol. The third-order valence-corrected chi connectivity index (χ3v) is 5.53. The number of thioether (sulfide) groups is 1. The summed E-state index contributed by atoms with van der Waals surface area (Å²) in [6.45, 7) is 0.934. The second kappa shape index (κ2) is 4.63. The normalized spacial score (nSPS) is 17.4. The monoisotopic (exact) mass is 277 g/mol. The van der Waals surface area contributed by atoms with E-state index in [2.05, 4.69) is 15.8 Å². The zero-order valence-corrected chi connectivity index (χ0v) is 12.2. The van der Waals surface area contributed by atoms with Gasteiger partial charge in [0.05, 0.1) is 18.1 Å². The molecule has 2 N–H and O–H groups in total. The highest BCUT2D eigenvalue weighted by molar-refractivity contribution is 8.00. The fourth-order valence-corrected chi connectivity index (χ4v) is 3.66. The van der Waals surface area contributed by atoms with Crippen molar-refractivity contribution in [3.8, 4) is 5.75 Å². The summed E-state index contributed by atoms with van der Waals surface area (Å²) in [7, 11) is 1.68. The molecule has 1 aromatic carbocycles. The minimum Gasteiger partial charge on any atom is -0.497 e. The van der Waals surface area contributed by atoms with Crippen LogP contribution in [-0.2, 0) is 6.54 Å². The first-order valence-corrected chi connectivity index (χ1v) is 7.75. The largest absolute Gasteiger partial charge is 0.497 e. The summed E-state index contributed by atoms with van der Waals surface area (Å²) >= 11 is 1.95. The van der Waals surface area contributed by atoms with E-state index in [0.29, 0.717) is 10.7 Å². The van der Waals surface area contributed by atoms with Crippen molar-refractivity contribution >= 4 is 28.7 Å². The number of rotatable bonds is 4. The summed E-state index contributed by atoms with van der Waals surface area (Å²) in [5.41, 5.74) is 8.09. The van der Waals surface area contributed by atoms with Gasteiger partial charge in [0.2, 0.25) is 5.95 Å². The van der Waals surface area contributed by atoms with Crippen LogP contribution in [0.1, 0.15) is 19.3 Å². The average Bonchev–Trinajstić information content (AvgIpc) is 2.69. The van der Waals surface area contributed by atoms with Crippen LogP contribution < -0.4 is 10.5 Å². The fraction of sp³-hybridized carbons (Fsp3) is 0.500. The Labute approximate surface area is 117 Å². The number of nitrogens with two attached hydrogens (primary N) is 1. The second-order valence-electron chi connectivity index (χ2n) is 5.15. The number of anilines is 1. The maximum absolute atomic E-state index is 6.09. The van der Waals surface area contributed by atoms with Crippen LogP contribution in [-0.4, -0.2) is 27.7 Å². The fourth-order valence-electron chi connectivity index (χ4n) is 2.70. The van der Waals surface area contributed by atoms with Gasteiger partial charge in [0.25, 0.3) is 0 Å². The molecule has 0 bridgehead atoms. The Kier molecular flexibility index (Phi) is 3.09. The zero-order chi connectivity index (χ0) is 13.5. The van der Waals surface area contributed by atoms with Crippen LogP contribution in [0.3, 0.4) is 0 Å². The first-order chi connectivity index (χ1) is 9.17. The summed E-state index contributed by atoms with van der Waals surface area (Å²) in [6.07, 6.45) is 6.03. The first-order valence-electron chi connectivity index (χ1n) is 6.52. The van der Waals surface area contributed by atoms with Crippen molar-refractivity contribution in [1.29, 1.82) is 0 Å². The number of benzene rings is 1. The van der Waals surface area contributed by atoms with Crippen molar-refractivity contribution in [3.05, 3.63) is 18.2 Å². The molecule has 0 amide bonds. The van der Waals surface area contributed by atoms with Gasteiger partial charge < -0.3 is 15.0 Å². The van der Waals surface area contributed by atoms with Gasteiger partial charge in [-0.25, -0.2) is 4.98 Å². The third kappa shape index (κ3) is 2.06. The maximum atomic E-state index is 6.09. The molecule has 5 heteroatoms. The van der Waals surface area contributed by atoms with Gasteiger partial charge in [-0.1, -0.05) is 6.42 Å². The van der Waals surface area contributed by atoms with E-state index in [0.717, 1.165) is 23.3 Å². The van der Waals surface area contributed by atoms with Crippen molar-refractivity contribution in [3.63, 3.8) is 0 Å². The van der Waals surface area contributed by atoms with Gasteiger partial charge in [-0.15, -0.1) is 0 Å². The average molecular weight is 277 g/mol. The summed E-state index contributed by atoms with van der Waals surface area (Å²) in [5, 5.41) is 0. The Morgan fingerprint density at radius 1 is 1.47 bits per heavy atom. The predicted octanol–water partition coefficient (Wildman–Crippen LogP) is 2.91. The molecule has 102 valence electrons. The number of ether oxygens (including phenoxy) is 1. The lowest BCUT2D eigenvalue weighted by molar-refractivity contribution is 0.326. The number of imidazole rings is 1. The molecule has 1 heterocycles. The van der Waals surface area contributed by atoms with E-state index in [-0.39, 0.29) is 0 Å². The molecule has 0 atom stereocenters. The van der Waals surface area contributed by atoms with Gasteiger partial charge in [0.15, 0.2) is 0 Å². The third-order valence-electron chi connectivity index (χ3n) is 4.13. The van der Waals surface area contributed by atoms with E-state index < -0.39 is 0 Å². The van der Waals surface area contributed by atoms with E-state index in [1.807, 2.05) is 30.0 Å². The molecule has 4 nitrogen and oxygen atoms in total. The SMILES string of the molecule is COc1ccc2nc(N)n(CC3(SC)CCC3)c2c1. The van der Waals surface area contributed by atoms with Crippen LogP contribution in [0.5, 0.6) is 5.75 Å². The summed E-state index contributed by atoms with van der Waals surface area (Å²) in [6, 6.07) is 5.91. The van der Waals surface area contributed by atoms with E-state index >= 15 is 0 Å². The molecule has 1 fully saturated rings. The molecule has 1 aliphatic rings. The molecule has 0 aliphatic heterocycles. The molecule has 2 aromatic rings. The quantitative estimate of drug-likeness (QED) is 0.933. The lowest BCUT2D eigenvalue weighted by Crippen LogP contribution is -2.38. The molecule has 3 rings (SSSR count). The number of aromatic nitrogens is 2. The summed E-state index contributed by atoms with van der Waals surface area (Å²) in [4.78, 5) is 4.44. The first kappa shape index (κ1) is 12.7. The number of nitrogens with zero attached hydrogens (tertiary/aromatic N) is 2. The van der Waals surface area contributed by atoms with Crippen LogP contribution in [0.15, 0.2) is 18.2 Å². The molecule has 0 saturated heterocycles. The van der Waals surface area contributed by atoms with Crippen molar-refractivity contribution in [2.24, 2.45) is 0 Å². The van der Waals surface area contributed by atoms with Crippen LogP contribution in [0.25, 0.3) is 11.0 Å². The van der Waals surface area contributed by atoms with Gasteiger partial charge in [-0.3, -0.25) is 0 Å². The molecule has 1 saturated carbocycles. The minimum atomic E-state index is 0.338. The predicted molar refractivity (Wildman–Crippen MR) is 80.8 cm³/mol. The highest BCUT2D eigenvalue weighted by atomic mass is 32.2. The van der Waals surface area contributed by atoms with Crippen LogP contribution in [0, 0.1) is 0 Å². The van der Waals surface area contributed by atoms with Crippen LogP contribution >= 0.6 is 11.8 Å². The van der Waals surface area contributed by atoms with Gasteiger partial charge in [0.1, 0.15) is 5.75 Å². The number of nitrogen functional groups attached to an aromatic ring is 1. The molecule has 0 unspecified atom stereocenters. The zero-order valence-electron chi connectivity index (χ0n) is 11.3. The van der Waals surface area contributed by atoms with Gasteiger partial charge in [0, 0.05) is 17.4 Å². The van der Waals surface area contributed by atoms with Gasteiger partial charge >= 0.3 is 0 Å². The lowest BCUT2D eigenvalue weighted by Gasteiger charge is -2.40. The van der Waals surface area contributed by atoms with Gasteiger partial charge in [-0.05, 0) is 31.2 Å². The number of fused-ring (bicyclic) bond motifs is 1. The smallest absolute Gasteiger partial charge is 0.201 e. The van der Waals surface area contributed by atoms with E-state index in [1.54, 1.807) is 7.11 Å². The Bertz CT molecular complexity index is 598. The Morgan fingerprint density at radius 2 is 2.26 bits per heavy atom. The Morgan fingerprint density at radius 3 is 2.84 bits per heavy atom. The minimum absolute atomic E-state index is 0.338. The molecule has 0 spiro atoms. The number of hydrogen-bond donors (Lipinski definition) is 1. The Hall–Kier alpha value is -1.36. The summed E-state index contributed by atoms with van der Waals surface area (Å²) < 4.78 is 7.77. The highest BCUT2D eigenvalue weighted by Gasteiger charge is 2.37. The standard InChI is InChI=1S/C14H19N3OS/c1-18-10-4-5-11-12(8-10)17(13(15)16-11)9-14(19-2)6-3-7-14/h4-5,8H,3,6-7,9H2,1-2H3,(H2,15,16). The molecular formula is C14H19N3OS. The number of hydrogen-bond acceptors (Lipinski definition) is 4. The van der Waals surface area contributed by atoms with Crippen molar-refractivity contribution in [2.75, 3.05) is 19.1 Å². The van der Waals surface area contributed by atoms with Gasteiger partial charge in [-0.2, -0.15) is 11.8 Å². The summed E-state index contributed by atoms with van der Waals surface area (Å²) in [5.74, 6) is 1.45. The molecule has 19 heavy (non-hydrogen) atoms.